The summed E-state index contributed by atoms with van der Waals surface area (Å²) in [6.45, 7) is 7.56. The maximum Gasteiger partial charge on any atom is 0.490 e. The second-order valence-electron chi connectivity index (χ2n) is 8.26. The topological polar surface area (TPSA) is 151 Å². The average molecular weight is 575 g/mol. The first-order valence-corrected chi connectivity index (χ1v) is 11.7. The number of carboxylic acids is 2. The van der Waals surface area contributed by atoms with Crippen LogP contribution in [0.1, 0.15) is 23.4 Å². The van der Waals surface area contributed by atoms with E-state index in [1.807, 2.05) is 26.2 Å². The summed E-state index contributed by atoms with van der Waals surface area (Å²) in [6, 6.07) is 0. The molecule has 212 valence electrons. The number of halogens is 6. The summed E-state index contributed by atoms with van der Waals surface area (Å²) in [6.07, 6.45) is -4.30. The van der Waals surface area contributed by atoms with Crippen molar-refractivity contribution in [3.05, 3.63) is 23.0 Å². The number of anilines is 2. The number of nitrogens with zero attached hydrogens (tertiary/aromatic N) is 5. The van der Waals surface area contributed by atoms with E-state index in [0.717, 1.165) is 54.8 Å². The van der Waals surface area contributed by atoms with Gasteiger partial charge in [0.05, 0.1) is 13.1 Å². The Labute approximate surface area is 215 Å². The number of aryl methyl sites for hydroxylation is 2. The van der Waals surface area contributed by atoms with Crippen LogP contribution in [0.5, 0.6) is 0 Å². The lowest BCUT2D eigenvalue weighted by Gasteiger charge is -2.50. The van der Waals surface area contributed by atoms with Crippen molar-refractivity contribution in [3.8, 4) is 0 Å². The van der Waals surface area contributed by atoms with E-state index in [1.54, 1.807) is 11.3 Å². The minimum Gasteiger partial charge on any atom is -0.475 e. The Hall–Kier alpha value is -3.28. The average Bonchev–Trinajstić information content (AvgIpc) is 3.40. The predicted octanol–water partition coefficient (Wildman–Crippen LogP) is 3.31. The van der Waals surface area contributed by atoms with Crippen molar-refractivity contribution in [2.24, 2.45) is 5.92 Å². The molecule has 1 atom stereocenters. The molecule has 0 amide bonds. The molecule has 2 fully saturated rings. The number of carbonyl (C=O) groups is 2. The van der Waals surface area contributed by atoms with Crippen LogP contribution in [0.25, 0.3) is 0 Å². The SMILES string of the molecule is Cc1cnc(NCCC2CCOC23CN(c2nnc(C)s2)C3)nc1.O=C(O)C(F)(F)F.O=C(O)C(F)(F)F. The maximum absolute atomic E-state index is 10.6. The molecule has 0 radical (unpaired) electrons. The van der Waals surface area contributed by atoms with Gasteiger partial charge in [-0.1, -0.05) is 11.3 Å². The zero-order valence-corrected chi connectivity index (χ0v) is 20.8. The number of hydrogen-bond donors (Lipinski definition) is 3. The molecule has 18 heteroatoms. The van der Waals surface area contributed by atoms with E-state index < -0.39 is 24.3 Å². The van der Waals surface area contributed by atoms with Gasteiger partial charge < -0.3 is 25.2 Å². The highest BCUT2D eigenvalue weighted by Crippen LogP contribution is 2.43. The van der Waals surface area contributed by atoms with Gasteiger partial charge >= 0.3 is 24.3 Å². The van der Waals surface area contributed by atoms with Gasteiger partial charge in [-0.3, -0.25) is 0 Å². The summed E-state index contributed by atoms with van der Waals surface area (Å²) < 4.78 is 69.6. The molecule has 2 aliphatic rings. The Morgan fingerprint density at radius 1 is 1.08 bits per heavy atom. The number of rotatable bonds is 5. The Bertz CT molecular complexity index is 1050. The first-order chi connectivity index (χ1) is 17.5. The zero-order valence-electron chi connectivity index (χ0n) is 20.0. The molecule has 0 aromatic carbocycles. The molecule has 3 N–H and O–H groups in total. The third-order valence-electron chi connectivity index (χ3n) is 5.34. The molecule has 0 saturated carbocycles. The van der Waals surface area contributed by atoms with Gasteiger partial charge in [-0.05, 0) is 38.2 Å². The van der Waals surface area contributed by atoms with Crippen molar-refractivity contribution in [2.45, 2.75) is 44.6 Å². The molecule has 2 aromatic rings. The highest BCUT2D eigenvalue weighted by atomic mass is 32.1. The molecule has 38 heavy (non-hydrogen) atoms. The molecule has 2 saturated heterocycles. The van der Waals surface area contributed by atoms with Crippen LogP contribution in [0.4, 0.5) is 37.4 Å². The van der Waals surface area contributed by atoms with Crippen molar-refractivity contribution >= 4 is 34.4 Å². The van der Waals surface area contributed by atoms with Gasteiger partial charge in [0.15, 0.2) is 0 Å². The normalized spacial score (nSPS) is 18.0. The van der Waals surface area contributed by atoms with Crippen LogP contribution in [0.3, 0.4) is 0 Å². The van der Waals surface area contributed by atoms with Gasteiger partial charge in [0.1, 0.15) is 10.6 Å². The van der Waals surface area contributed by atoms with E-state index in [4.69, 9.17) is 24.5 Å². The monoisotopic (exact) mass is 574 g/mol. The summed E-state index contributed by atoms with van der Waals surface area (Å²) in [5, 5.41) is 27.9. The highest BCUT2D eigenvalue weighted by molar-refractivity contribution is 7.15. The van der Waals surface area contributed by atoms with Gasteiger partial charge in [0.25, 0.3) is 0 Å². The molecule has 2 aromatic heterocycles. The summed E-state index contributed by atoms with van der Waals surface area (Å²) >= 11 is 1.65. The molecule has 4 rings (SSSR count). The number of ether oxygens (including phenoxy) is 1. The van der Waals surface area contributed by atoms with Crippen LogP contribution in [0.15, 0.2) is 12.4 Å². The minimum absolute atomic E-state index is 0.00458. The Morgan fingerprint density at radius 2 is 1.61 bits per heavy atom. The van der Waals surface area contributed by atoms with Crippen LogP contribution in [-0.2, 0) is 14.3 Å². The molecule has 0 bridgehead atoms. The number of aliphatic carboxylic acids is 2. The molecule has 1 unspecified atom stereocenters. The van der Waals surface area contributed by atoms with E-state index >= 15 is 0 Å². The van der Waals surface area contributed by atoms with E-state index in [-0.39, 0.29) is 5.60 Å². The number of alkyl halides is 6. The van der Waals surface area contributed by atoms with Crippen molar-refractivity contribution in [2.75, 3.05) is 36.5 Å². The lowest BCUT2D eigenvalue weighted by Crippen LogP contribution is -2.65. The largest absolute Gasteiger partial charge is 0.490 e. The van der Waals surface area contributed by atoms with Gasteiger partial charge in [-0.25, -0.2) is 19.6 Å². The fraction of sp³-hybridized carbons (Fsp3) is 0.600. The van der Waals surface area contributed by atoms with Crippen molar-refractivity contribution < 1.29 is 50.9 Å². The lowest BCUT2D eigenvalue weighted by atomic mass is 9.79. The third kappa shape index (κ3) is 8.93. The summed E-state index contributed by atoms with van der Waals surface area (Å²) in [4.78, 5) is 28.7. The summed E-state index contributed by atoms with van der Waals surface area (Å²) in [7, 11) is 0. The maximum atomic E-state index is 10.6. The van der Waals surface area contributed by atoms with Gasteiger partial charge in [-0.15, -0.1) is 10.2 Å². The molecule has 4 heterocycles. The Kier molecular flexibility index (Phi) is 10.2. The standard InChI is InChI=1S/C16H22N6OS.2C2HF3O2/c1-11-7-18-14(19-8-11)17-5-3-13-4-6-23-16(13)9-22(10-16)15-21-20-12(2)24-15;2*3-2(4,5)1(6)7/h7-8,13H,3-6,9-10H2,1-2H3,(H,17,18,19);2*(H,6,7). The quantitative estimate of drug-likeness (QED) is 0.451. The van der Waals surface area contributed by atoms with Crippen LogP contribution in [-0.4, -0.2) is 86.5 Å². The van der Waals surface area contributed by atoms with Gasteiger partial charge in [0.2, 0.25) is 11.1 Å². The number of carboxylic acid groups (broad SMARTS) is 2. The summed E-state index contributed by atoms with van der Waals surface area (Å²) in [5.74, 6) is -4.24. The molecular formula is C20H24F6N6O5S. The molecule has 11 nitrogen and oxygen atoms in total. The summed E-state index contributed by atoms with van der Waals surface area (Å²) in [5.41, 5.74) is 1.07. The molecule has 0 aliphatic carbocycles. The van der Waals surface area contributed by atoms with Crippen molar-refractivity contribution in [1.82, 2.24) is 20.2 Å². The molecule has 1 spiro atoms. The smallest absolute Gasteiger partial charge is 0.475 e. The Balaban J connectivity index is 0.000000301. The molecule has 2 aliphatic heterocycles. The zero-order chi connectivity index (χ0) is 28.7. The number of hydrogen-bond acceptors (Lipinski definition) is 10. The van der Waals surface area contributed by atoms with Crippen LogP contribution >= 0.6 is 11.3 Å². The highest BCUT2D eigenvalue weighted by Gasteiger charge is 2.53. The first-order valence-electron chi connectivity index (χ1n) is 10.9. The third-order valence-corrected chi connectivity index (χ3v) is 6.24. The Morgan fingerprint density at radius 3 is 2.05 bits per heavy atom. The van der Waals surface area contributed by atoms with E-state index in [0.29, 0.717) is 11.9 Å². The lowest BCUT2D eigenvalue weighted by molar-refractivity contribution is -0.193. The van der Waals surface area contributed by atoms with E-state index in [9.17, 15) is 26.3 Å². The van der Waals surface area contributed by atoms with E-state index in [1.165, 1.54) is 0 Å². The first kappa shape index (κ1) is 30.9. The van der Waals surface area contributed by atoms with Crippen LogP contribution < -0.4 is 10.2 Å². The number of aromatic nitrogens is 4. The van der Waals surface area contributed by atoms with Crippen molar-refractivity contribution in [3.63, 3.8) is 0 Å². The van der Waals surface area contributed by atoms with Gasteiger partial charge in [-0.2, -0.15) is 26.3 Å². The predicted molar refractivity (Wildman–Crippen MR) is 121 cm³/mol. The fourth-order valence-corrected chi connectivity index (χ4v) is 4.22. The fourth-order valence-electron chi connectivity index (χ4n) is 3.53. The van der Waals surface area contributed by atoms with Gasteiger partial charge in [0, 0.05) is 25.5 Å². The second kappa shape index (κ2) is 12.5. The minimum atomic E-state index is -5.08. The molecular weight excluding hydrogens is 550 g/mol. The second-order valence-corrected chi connectivity index (χ2v) is 9.42. The van der Waals surface area contributed by atoms with Crippen LogP contribution in [0.2, 0.25) is 0 Å². The number of nitrogens with one attached hydrogen (secondary N) is 1. The van der Waals surface area contributed by atoms with E-state index in [2.05, 4.69) is 30.4 Å². The van der Waals surface area contributed by atoms with Crippen molar-refractivity contribution in [1.29, 1.82) is 0 Å². The van der Waals surface area contributed by atoms with Crippen LogP contribution in [0, 0.1) is 19.8 Å².